The largest absolute Gasteiger partial charge is 0.344 e. The molecule has 0 saturated heterocycles. The summed E-state index contributed by atoms with van der Waals surface area (Å²) in [7, 11) is 0. The quantitative estimate of drug-likeness (QED) is 0.854. The molecule has 1 aromatic rings. The van der Waals surface area contributed by atoms with Crippen LogP contribution >= 0.6 is 11.6 Å². The Hall–Kier alpha value is -1.03. The van der Waals surface area contributed by atoms with E-state index in [1.54, 1.807) is 4.68 Å². The van der Waals surface area contributed by atoms with Crippen molar-refractivity contribution in [3.05, 3.63) is 17.5 Å². The molecule has 2 rings (SSSR count). The molecule has 1 aliphatic carbocycles. The van der Waals surface area contributed by atoms with Crippen LogP contribution in [0.2, 0.25) is 0 Å². The second kappa shape index (κ2) is 5.31. The summed E-state index contributed by atoms with van der Waals surface area (Å²) in [6, 6.07) is 1.83. The zero-order valence-electron chi connectivity index (χ0n) is 11.0. The smallest absolute Gasteiger partial charge is 0.270 e. The van der Waals surface area contributed by atoms with Crippen LogP contribution in [-0.2, 0) is 6.54 Å². The molecule has 0 atom stereocenters. The van der Waals surface area contributed by atoms with E-state index in [1.807, 2.05) is 19.9 Å². The molecule has 1 saturated carbocycles. The van der Waals surface area contributed by atoms with Crippen molar-refractivity contribution >= 4 is 17.5 Å². The van der Waals surface area contributed by atoms with Gasteiger partial charge >= 0.3 is 0 Å². The molecule has 0 aromatic carbocycles. The van der Waals surface area contributed by atoms with Gasteiger partial charge in [-0.2, -0.15) is 5.10 Å². The maximum Gasteiger partial charge on any atom is 0.270 e. The van der Waals surface area contributed by atoms with E-state index in [0.29, 0.717) is 18.1 Å². The minimum Gasteiger partial charge on any atom is -0.344 e. The van der Waals surface area contributed by atoms with Gasteiger partial charge in [-0.25, -0.2) is 0 Å². The molecule has 4 nitrogen and oxygen atoms in total. The first kappa shape index (κ1) is 13.4. The lowest BCUT2D eigenvalue weighted by atomic mass is 10.0. The fraction of sp³-hybridized carbons (Fsp3) is 0.692. The number of carbonyl (C=O) groups excluding carboxylic acids is 1. The fourth-order valence-electron chi connectivity index (χ4n) is 2.62. The molecule has 18 heavy (non-hydrogen) atoms. The van der Waals surface area contributed by atoms with Crippen LogP contribution in [0.3, 0.4) is 0 Å². The van der Waals surface area contributed by atoms with Crippen LogP contribution in [-0.4, -0.2) is 27.1 Å². The van der Waals surface area contributed by atoms with Gasteiger partial charge in [0.05, 0.1) is 11.2 Å². The molecule has 1 fully saturated rings. The first-order valence-electron chi connectivity index (χ1n) is 6.53. The van der Waals surface area contributed by atoms with Crippen molar-refractivity contribution in [2.75, 3.05) is 5.88 Å². The van der Waals surface area contributed by atoms with E-state index in [0.717, 1.165) is 31.4 Å². The van der Waals surface area contributed by atoms with Gasteiger partial charge in [0, 0.05) is 12.4 Å². The molecule has 1 aromatic heterocycles. The molecule has 5 heteroatoms. The van der Waals surface area contributed by atoms with Crippen molar-refractivity contribution in [1.29, 1.82) is 0 Å². The summed E-state index contributed by atoms with van der Waals surface area (Å²) < 4.78 is 1.74. The molecule has 1 N–H and O–H groups in total. The molecule has 1 aliphatic rings. The number of nitrogens with zero attached hydrogens (tertiary/aromatic N) is 2. The normalized spacial score (nSPS) is 17.9. The van der Waals surface area contributed by atoms with Gasteiger partial charge in [0.15, 0.2) is 0 Å². The number of carbonyl (C=O) groups is 1. The molecule has 1 amide bonds. The van der Waals surface area contributed by atoms with Crippen LogP contribution in [0.15, 0.2) is 6.07 Å². The van der Waals surface area contributed by atoms with Gasteiger partial charge in [-0.15, -0.1) is 11.6 Å². The fourth-order valence-corrected chi connectivity index (χ4v) is 2.95. The summed E-state index contributed by atoms with van der Waals surface area (Å²) >= 11 is 6.04. The van der Waals surface area contributed by atoms with Gasteiger partial charge in [0.2, 0.25) is 0 Å². The molecule has 0 aliphatic heterocycles. The Kier molecular flexibility index (Phi) is 3.95. The minimum atomic E-state index is -0.213. The van der Waals surface area contributed by atoms with Crippen LogP contribution in [0.4, 0.5) is 0 Å². The van der Waals surface area contributed by atoms with Gasteiger partial charge in [-0.3, -0.25) is 9.48 Å². The third-order valence-electron chi connectivity index (χ3n) is 3.63. The summed E-state index contributed by atoms with van der Waals surface area (Å²) in [4.78, 5) is 12.3. The number of hydrogen-bond acceptors (Lipinski definition) is 2. The van der Waals surface area contributed by atoms with E-state index in [2.05, 4.69) is 10.4 Å². The zero-order chi connectivity index (χ0) is 13.2. The van der Waals surface area contributed by atoms with Gasteiger partial charge in [-0.05, 0) is 32.8 Å². The summed E-state index contributed by atoms with van der Waals surface area (Å²) in [5.74, 6) is 0.429. The summed E-state index contributed by atoms with van der Waals surface area (Å²) in [5.41, 5.74) is 1.29. The Bertz CT molecular complexity index is 435. The number of nitrogens with one attached hydrogen (secondary N) is 1. The Morgan fingerprint density at radius 2 is 2.22 bits per heavy atom. The topological polar surface area (TPSA) is 46.9 Å². The molecular formula is C13H20ClN3O. The van der Waals surface area contributed by atoms with Crippen molar-refractivity contribution in [3.63, 3.8) is 0 Å². The van der Waals surface area contributed by atoms with E-state index < -0.39 is 0 Å². The Labute approximate surface area is 113 Å². The number of aromatic nitrogens is 2. The highest BCUT2D eigenvalue weighted by Gasteiger charge is 2.35. The van der Waals surface area contributed by atoms with Gasteiger partial charge < -0.3 is 5.32 Å². The predicted octanol–water partition coefficient (Wildman–Crippen LogP) is 2.49. The van der Waals surface area contributed by atoms with Crippen molar-refractivity contribution < 1.29 is 4.79 Å². The van der Waals surface area contributed by atoms with Crippen LogP contribution in [0.25, 0.3) is 0 Å². The molecule has 0 spiro atoms. The van der Waals surface area contributed by atoms with Crippen molar-refractivity contribution in [3.8, 4) is 0 Å². The Morgan fingerprint density at radius 1 is 1.56 bits per heavy atom. The van der Waals surface area contributed by atoms with Crippen molar-refractivity contribution in [2.24, 2.45) is 0 Å². The number of aryl methyl sites for hydroxylation is 2. The number of rotatable bonds is 4. The van der Waals surface area contributed by atoms with E-state index in [1.165, 1.54) is 0 Å². The lowest BCUT2D eigenvalue weighted by Crippen LogP contribution is -2.48. The van der Waals surface area contributed by atoms with Crippen LogP contribution in [0.5, 0.6) is 0 Å². The Morgan fingerprint density at radius 3 is 2.78 bits per heavy atom. The first-order chi connectivity index (χ1) is 8.60. The number of alkyl halides is 1. The molecule has 1 heterocycles. The third kappa shape index (κ3) is 2.53. The van der Waals surface area contributed by atoms with Gasteiger partial charge in [0.1, 0.15) is 5.69 Å². The maximum absolute atomic E-state index is 12.3. The highest BCUT2D eigenvalue weighted by molar-refractivity contribution is 6.19. The predicted molar refractivity (Wildman–Crippen MR) is 72.0 cm³/mol. The standard InChI is InChI=1S/C13H20ClN3O/c1-3-17-11(8-10(2)16-17)12(18)15-13(9-14)6-4-5-7-13/h8H,3-7,9H2,1-2H3,(H,15,18). The average molecular weight is 270 g/mol. The molecule has 0 unspecified atom stereocenters. The van der Waals surface area contributed by atoms with Gasteiger partial charge in [0.25, 0.3) is 5.91 Å². The SMILES string of the molecule is CCn1nc(C)cc1C(=O)NC1(CCl)CCCC1. The zero-order valence-corrected chi connectivity index (χ0v) is 11.8. The van der Waals surface area contributed by atoms with Crippen molar-refractivity contribution in [1.82, 2.24) is 15.1 Å². The van der Waals surface area contributed by atoms with E-state index >= 15 is 0 Å². The highest BCUT2D eigenvalue weighted by Crippen LogP contribution is 2.31. The second-order valence-corrected chi connectivity index (χ2v) is 5.33. The minimum absolute atomic E-state index is 0.0556. The average Bonchev–Trinajstić information content (AvgIpc) is 2.96. The van der Waals surface area contributed by atoms with Crippen LogP contribution < -0.4 is 5.32 Å². The number of halogens is 1. The van der Waals surface area contributed by atoms with E-state index in [4.69, 9.17) is 11.6 Å². The number of amides is 1. The Balaban J connectivity index is 2.16. The summed E-state index contributed by atoms with van der Waals surface area (Å²) in [6.07, 6.45) is 4.22. The van der Waals surface area contributed by atoms with Crippen LogP contribution in [0.1, 0.15) is 48.8 Å². The third-order valence-corrected chi connectivity index (χ3v) is 4.14. The van der Waals surface area contributed by atoms with Crippen molar-refractivity contribution in [2.45, 2.75) is 51.6 Å². The lowest BCUT2D eigenvalue weighted by Gasteiger charge is -2.27. The molecule has 100 valence electrons. The van der Waals surface area contributed by atoms with E-state index in [9.17, 15) is 4.79 Å². The lowest BCUT2D eigenvalue weighted by molar-refractivity contribution is 0.0898. The molecular weight excluding hydrogens is 250 g/mol. The number of hydrogen-bond donors (Lipinski definition) is 1. The summed E-state index contributed by atoms with van der Waals surface area (Å²) in [5, 5.41) is 7.41. The maximum atomic E-state index is 12.3. The highest BCUT2D eigenvalue weighted by atomic mass is 35.5. The molecule has 0 radical (unpaired) electrons. The monoisotopic (exact) mass is 269 g/mol. The van der Waals surface area contributed by atoms with Gasteiger partial charge in [-0.1, -0.05) is 12.8 Å². The summed E-state index contributed by atoms with van der Waals surface area (Å²) in [6.45, 7) is 4.58. The molecule has 0 bridgehead atoms. The van der Waals surface area contributed by atoms with Crippen LogP contribution in [0, 0.1) is 6.92 Å². The second-order valence-electron chi connectivity index (χ2n) is 5.06. The van der Waals surface area contributed by atoms with E-state index in [-0.39, 0.29) is 11.4 Å². The first-order valence-corrected chi connectivity index (χ1v) is 7.06.